The van der Waals surface area contributed by atoms with Gasteiger partial charge in [-0.3, -0.25) is 14.6 Å². The first-order chi connectivity index (χ1) is 14.8. The summed E-state index contributed by atoms with van der Waals surface area (Å²) in [6.07, 6.45) is 0.348. The number of aromatic nitrogens is 4. The first-order valence-electron chi connectivity index (χ1n) is 9.89. The maximum absolute atomic E-state index is 12.6. The van der Waals surface area contributed by atoms with E-state index in [9.17, 15) is 9.59 Å². The number of hydrogen-bond donors (Lipinski definition) is 2. The van der Waals surface area contributed by atoms with E-state index in [1.54, 1.807) is 17.4 Å². The lowest BCUT2D eigenvalue weighted by Crippen LogP contribution is -2.22. The Hall–Kier alpha value is -3.52. The van der Waals surface area contributed by atoms with Gasteiger partial charge in [0.15, 0.2) is 0 Å². The van der Waals surface area contributed by atoms with Gasteiger partial charge in [-0.1, -0.05) is 57.2 Å². The number of thiophene rings is 1. The fraction of sp³-hybridized carbons (Fsp3) is 0.217. The molecule has 3 aromatic heterocycles. The smallest absolute Gasteiger partial charge is 0.252 e. The van der Waals surface area contributed by atoms with E-state index in [1.165, 1.54) is 10.7 Å². The molecule has 31 heavy (non-hydrogen) atoms. The molecule has 0 atom stereocenters. The van der Waals surface area contributed by atoms with Crippen molar-refractivity contribution in [3.63, 3.8) is 0 Å². The van der Waals surface area contributed by atoms with Crippen molar-refractivity contribution in [1.29, 1.82) is 0 Å². The van der Waals surface area contributed by atoms with Gasteiger partial charge in [0.05, 0.1) is 10.6 Å². The monoisotopic (exact) mass is 433 g/mol. The van der Waals surface area contributed by atoms with Gasteiger partial charge in [-0.2, -0.15) is 9.78 Å². The lowest BCUT2D eigenvalue weighted by molar-refractivity contribution is -0.117. The molecule has 7 nitrogen and oxygen atoms in total. The molecule has 1 aromatic carbocycles. The van der Waals surface area contributed by atoms with E-state index in [0.29, 0.717) is 23.6 Å². The number of carbonyl (C=O) groups excluding carboxylic acids is 1. The highest BCUT2D eigenvalue weighted by Gasteiger charge is 2.20. The van der Waals surface area contributed by atoms with Crippen molar-refractivity contribution < 1.29 is 4.79 Å². The van der Waals surface area contributed by atoms with Crippen LogP contribution in [0.1, 0.15) is 27.2 Å². The van der Waals surface area contributed by atoms with Crippen LogP contribution in [0.25, 0.3) is 27.8 Å². The number of aromatic amines is 1. The predicted octanol–water partition coefficient (Wildman–Crippen LogP) is 4.73. The van der Waals surface area contributed by atoms with E-state index in [0.717, 1.165) is 10.4 Å². The number of nitrogens with zero attached hydrogens (tertiary/aromatic N) is 3. The molecule has 0 spiro atoms. The third-order valence-electron chi connectivity index (χ3n) is 4.44. The van der Waals surface area contributed by atoms with Gasteiger partial charge in [-0.05, 0) is 16.9 Å². The van der Waals surface area contributed by atoms with Gasteiger partial charge in [0.2, 0.25) is 11.9 Å². The minimum absolute atomic E-state index is 0.132. The molecule has 0 bridgehead atoms. The molecule has 0 fully saturated rings. The molecule has 2 N–H and O–H groups in total. The van der Waals surface area contributed by atoms with Gasteiger partial charge in [-0.25, -0.2) is 4.98 Å². The third kappa shape index (κ3) is 4.97. The van der Waals surface area contributed by atoms with Gasteiger partial charge in [0.1, 0.15) is 11.5 Å². The highest BCUT2D eigenvalue weighted by molar-refractivity contribution is 7.13. The summed E-state index contributed by atoms with van der Waals surface area (Å²) in [5, 5.41) is 9.52. The molecule has 0 aliphatic heterocycles. The molecular weight excluding hydrogens is 410 g/mol. The topological polar surface area (TPSA) is 92.7 Å². The quantitative estimate of drug-likeness (QED) is 0.476. The fourth-order valence-corrected chi connectivity index (χ4v) is 3.83. The van der Waals surface area contributed by atoms with Crippen LogP contribution < -0.4 is 10.9 Å². The first kappa shape index (κ1) is 20.7. The molecule has 1 amide bonds. The standard InChI is InChI=1S/C23H23N5O2S/c1-23(2,3)14-21(30)25-19-12-17(18-10-7-11-31-18)27-28(19)22-24-16(13-20(29)26-22)15-8-5-4-6-9-15/h4-13H,14H2,1-3H3,(H,25,30)(H,24,26,29). The largest absolute Gasteiger partial charge is 0.310 e. The Labute approximate surface area is 183 Å². The number of amides is 1. The van der Waals surface area contributed by atoms with Crippen LogP contribution in [0.2, 0.25) is 0 Å². The molecule has 0 saturated carbocycles. The van der Waals surface area contributed by atoms with Crippen LogP contribution in [-0.2, 0) is 4.79 Å². The molecule has 4 aromatic rings. The molecule has 4 rings (SSSR count). The zero-order chi connectivity index (χ0) is 22.0. The normalized spacial score (nSPS) is 11.5. The van der Waals surface area contributed by atoms with Crippen LogP contribution in [0.5, 0.6) is 0 Å². The summed E-state index contributed by atoms with van der Waals surface area (Å²) in [5.41, 5.74) is 1.57. The summed E-state index contributed by atoms with van der Waals surface area (Å²) >= 11 is 1.54. The molecule has 8 heteroatoms. The highest BCUT2D eigenvalue weighted by atomic mass is 32.1. The molecule has 3 heterocycles. The van der Waals surface area contributed by atoms with Crippen molar-refractivity contribution >= 4 is 23.1 Å². The predicted molar refractivity (Wildman–Crippen MR) is 123 cm³/mol. The second-order valence-corrected chi connectivity index (χ2v) is 9.36. The van der Waals surface area contributed by atoms with Crippen molar-refractivity contribution in [2.45, 2.75) is 27.2 Å². The van der Waals surface area contributed by atoms with Crippen LogP contribution in [0, 0.1) is 5.41 Å². The summed E-state index contributed by atoms with van der Waals surface area (Å²) < 4.78 is 1.48. The van der Waals surface area contributed by atoms with Crippen molar-refractivity contribution in [3.8, 4) is 27.8 Å². The number of carbonyl (C=O) groups is 1. The summed E-state index contributed by atoms with van der Waals surface area (Å²) in [4.78, 5) is 33.3. The molecule has 0 aliphatic rings. The molecule has 0 aliphatic carbocycles. The van der Waals surface area contributed by atoms with Crippen LogP contribution in [0.3, 0.4) is 0 Å². The zero-order valence-electron chi connectivity index (χ0n) is 17.5. The number of H-pyrrole nitrogens is 1. The van der Waals surface area contributed by atoms with Crippen molar-refractivity contribution in [3.05, 3.63) is 70.3 Å². The van der Waals surface area contributed by atoms with Crippen LogP contribution >= 0.6 is 11.3 Å². The Bertz CT molecular complexity index is 1250. The number of rotatable bonds is 5. The lowest BCUT2D eigenvalue weighted by atomic mass is 9.92. The average molecular weight is 434 g/mol. The van der Waals surface area contributed by atoms with E-state index < -0.39 is 0 Å². The summed E-state index contributed by atoms with van der Waals surface area (Å²) in [5.74, 6) is 0.555. The van der Waals surface area contributed by atoms with Crippen LogP contribution in [0.15, 0.2) is 64.8 Å². The Morgan fingerprint density at radius 1 is 1.10 bits per heavy atom. The zero-order valence-corrected chi connectivity index (χ0v) is 18.4. The van der Waals surface area contributed by atoms with Crippen LogP contribution in [0.4, 0.5) is 5.82 Å². The number of benzene rings is 1. The minimum Gasteiger partial charge on any atom is -0.310 e. The Balaban J connectivity index is 1.79. The van der Waals surface area contributed by atoms with Crippen molar-refractivity contribution in [2.24, 2.45) is 5.41 Å². The minimum atomic E-state index is -0.302. The Morgan fingerprint density at radius 2 is 1.87 bits per heavy atom. The van der Waals surface area contributed by atoms with E-state index in [4.69, 9.17) is 0 Å². The van der Waals surface area contributed by atoms with Crippen molar-refractivity contribution in [1.82, 2.24) is 19.7 Å². The Kier molecular flexibility index (Phi) is 5.56. The van der Waals surface area contributed by atoms with E-state index in [-0.39, 0.29) is 22.8 Å². The summed E-state index contributed by atoms with van der Waals surface area (Å²) in [7, 11) is 0. The summed E-state index contributed by atoms with van der Waals surface area (Å²) in [6, 6.07) is 16.6. The number of nitrogens with one attached hydrogen (secondary N) is 2. The van der Waals surface area contributed by atoms with E-state index >= 15 is 0 Å². The Morgan fingerprint density at radius 3 is 2.55 bits per heavy atom. The maximum atomic E-state index is 12.6. The van der Waals surface area contributed by atoms with Gasteiger partial charge in [0.25, 0.3) is 5.56 Å². The average Bonchev–Trinajstić information content (AvgIpc) is 3.36. The SMILES string of the molecule is CC(C)(C)CC(=O)Nc1cc(-c2cccs2)nn1-c1nc(-c2ccccc2)cc(=O)[nH]1. The maximum Gasteiger partial charge on any atom is 0.252 e. The first-order valence-corrected chi connectivity index (χ1v) is 10.8. The third-order valence-corrected chi connectivity index (χ3v) is 5.33. The molecule has 0 saturated heterocycles. The highest BCUT2D eigenvalue weighted by Crippen LogP contribution is 2.28. The second kappa shape index (κ2) is 8.31. The van der Waals surface area contributed by atoms with Gasteiger partial charge in [-0.15, -0.1) is 11.3 Å². The second-order valence-electron chi connectivity index (χ2n) is 8.41. The molecular formula is C23H23N5O2S. The molecule has 0 radical (unpaired) electrons. The molecule has 0 unspecified atom stereocenters. The fourth-order valence-electron chi connectivity index (χ4n) is 3.15. The van der Waals surface area contributed by atoms with Crippen LogP contribution in [-0.4, -0.2) is 25.7 Å². The lowest BCUT2D eigenvalue weighted by Gasteiger charge is -2.17. The van der Waals surface area contributed by atoms with Gasteiger partial charge >= 0.3 is 0 Å². The summed E-state index contributed by atoms with van der Waals surface area (Å²) in [6.45, 7) is 6.01. The van der Waals surface area contributed by atoms with E-state index in [1.807, 2.05) is 68.6 Å². The molecule has 158 valence electrons. The van der Waals surface area contributed by atoms with Gasteiger partial charge in [0, 0.05) is 24.1 Å². The number of anilines is 1. The number of hydrogen-bond acceptors (Lipinski definition) is 5. The van der Waals surface area contributed by atoms with Crippen molar-refractivity contribution in [2.75, 3.05) is 5.32 Å². The van der Waals surface area contributed by atoms with Gasteiger partial charge < -0.3 is 5.32 Å². The van der Waals surface area contributed by atoms with E-state index in [2.05, 4.69) is 20.4 Å².